The SMILES string of the molecule is CCOc1ccc(NC(=O)CSc2nc(O)c(CCC(C)C)c(=O)[nH]2)cc1. The van der Waals surface area contributed by atoms with Crippen LogP contribution in [0.4, 0.5) is 5.69 Å². The fourth-order valence-corrected chi connectivity index (χ4v) is 2.98. The third kappa shape index (κ3) is 6.63. The number of thioether (sulfide) groups is 1. The number of aromatic amines is 1. The quantitative estimate of drug-likeness (QED) is 0.448. The first-order valence-corrected chi connectivity index (χ1v) is 9.85. The molecule has 0 atom stereocenters. The van der Waals surface area contributed by atoms with E-state index in [1.807, 2.05) is 20.8 Å². The van der Waals surface area contributed by atoms with Gasteiger partial charge in [0.25, 0.3) is 5.56 Å². The second-order valence-electron chi connectivity index (χ2n) is 6.40. The van der Waals surface area contributed by atoms with Crippen LogP contribution in [0.2, 0.25) is 0 Å². The number of rotatable bonds is 9. The molecule has 1 aromatic carbocycles. The molecule has 0 unspecified atom stereocenters. The zero-order valence-corrected chi connectivity index (χ0v) is 16.6. The minimum atomic E-state index is -0.363. The Morgan fingerprint density at radius 1 is 1.33 bits per heavy atom. The fraction of sp³-hybridized carbons (Fsp3) is 0.421. The summed E-state index contributed by atoms with van der Waals surface area (Å²) in [5, 5.41) is 13.0. The van der Waals surface area contributed by atoms with Crippen molar-refractivity contribution in [3.8, 4) is 11.6 Å². The maximum absolute atomic E-state index is 12.1. The van der Waals surface area contributed by atoms with Gasteiger partial charge in [-0.1, -0.05) is 25.6 Å². The molecule has 2 aromatic rings. The van der Waals surface area contributed by atoms with E-state index < -0.39 is 0 Å². The summed E-state index contributed by atoms with van der Waals surface area (Å²) in [6, 6.07) is 7.06. The number of hydrogen-bond acceptors (Lipinski definition) is 6. The molecule has 7 nitrogen and oxygen atoms in total. The molecule has 0 saturated heterocycles. The van der Waals surface area contributed by atoms with E-state index in [1.165, 1.54) is 0 Å². The summed E-state index contributed by atoms with van der Waals surface area (Å²) in [5.41, 5.74) is 0.571. The van der Waals surface area contributed by atoms with E-state index in [9.17, 15) is 14.7 Å². The largest absolute Gasteiger partial charge is 0.494 e. The highest BCUT2D eigenvalue weighted by atomic mass is 32.2. The number of hydrogen-bond donors (Lipinski definition) is 3. The lowest BCUT2D eigenvalue weighted by Crippen LogP contribution is -2.17. The van der Waals surface area contributed by atoms with E-state index in [1.54, 1.807) is 24.3 Å². The number of amides is 1. The number of benzene rings is 1. The van der Waals surface area contributed by atoms with Gasteiger partial charge in [0.15, 0.2) is 5.16 Å². The van der Waals surface area contributed by atoms with E-state index in [4.69, 9.17) is 4.74 Å². The van der Waals surface area contributed by atoms with Crippen molar-refractivity contribution in [2.24, 2.45) is 5.92 Å². The van der Waals surface area contributed by atoms with Crippen molar-refractivity contribution in [1.82, 2.24) is 9.97 Å². The molecule has 2 rings (SSSR count). The highest BCUT2D eigenvalue weighted by Gasteiger charge is 2.13. The Morgan fingerprint density at radius 2 is 2.04 bits per heavy atom. The third-order valence-corrected chi connectivity index (χ3v) is 4.61. The minimum absolute atomic E-state index is 0.0565. The topological polar surface area (TPSA) is 104 Å². The number of nitrogens with zero attached hydrogens (tertiary/aromatic N) is 1. The Hall–Kier alpha value is -2.48. The maximum atomic E-state index is 12.1. The summed E-state index contributed by atoms with van der Waals surface area (Å²) in [6.45, 7) is 6.58. The Balaban J connectivity index is 1.91. The van der Waals surface area contributed by atoms with Crippen molar-refractivity contribution < 1.29 is 14.6 Å². The van der Waals surface area contributed by atoms with Crippen LogP contribution in [0.1, 0.15) is 32.8 Å². The van der Waals surface area contributed by atoms with Crippen LogP contribution in [0, 0.1) is 5.92 Å². The van der Waals surface area contributed by atoms with Gasteiger partial charge in [-0.15, -0.1) is 0 Å². The van der Waals surface area contributed by atoms with Gasteiger partial charge in [0.05, 0.1) is 17.9 Å². The average Bonchev–Trinajstić information content (AvgIpc) is 2.61. The first-order chi connectivity index (χ1) is 12.9. The number of nitrogens with one attached hydrogen (secondary N) is 2. The van der Waals surface area contributed by atoms with Crippen LogP contribution in [0.3, 0.4) is 0 Å². The summed E-state index contributed by atoms with van der Waals surface area (Å²) in [5.74, 6) is 0.703. The van der Waals surface area contributed by atoms with Gasteiger partial charge in [-0.05, 0) is 49.9 Å². The fourth-order valence-electron chi connectivity index (χ4n) is 2.32. The standard InChI is InChI=1S/C19H25N3O4S/c1-4-26-14-8-6-13(7-9-14)20-16(23)11-27-19-21-17(24)15(18(25)22-19)10-5-12(2)3/h6-9,12H,4-5,10-11H2,1-3H3,(H,20,23)(H2,21,22,24,25). The Labute approximate surface area is 162 Å². The van der Waals surface area contributed by atoms with Gasteiger partial charge in [-0.3, -0.25) is 9.59 Å². The van der Waals surface area contributed by atoms with Gasteiger partial charge in [0, 0.05) is 5.69 Å². The first kappa shape index (κ1) is 20.8. The molecule has 0 radical (unpaired) electrons. The predicted molar refractivity (Wildman–Crippen MR) is 107 cm³/mol. The zero-order valence-electron chi connectivity index (χ0n) is 15.7. The second-order valence-corrected chi connectivity index (χ2v) is 7.36. The van der Waals surface area contributed by atoms with E-state index >= 15 is 0 Å². The molecule has 0 aliphatic rings. The van der Waals surface area contributed by atoms with Gasteiger partial charge in [0.2, 0.25) is 11.8 Å². The maximum Gasteiger partial charge on any atom is 0.258 e. The highest BCUT2D eigenvalue weighted by molar-refractivity contribution is 7.99. The molecule has 0 aliphatic heterocycles. The van der Waals surface area contributed by atoms with Gasteiger partial charge in [-0.25, -0.2) is 0 Å². The Bertz CT molecular complexity index is 819. The molecule has 146 valence electrons. The van der Waals surface area contributed by atoms with Crippen molar-refractivity contribution >= 4 is 23.4 Å². The lowest BCUT2D eigenvalue weighted by Gasteiger charge is -2.08. The average molecular weight is 391 g/mol. The highest BCUT2D eigenvalue weighted by Crippen LogP contribution is 2.20. The van der Waals surface area contributed by atoms with Crippen LogP contribution in [0.25, 0.3) is 0 Å². The predicted octanol–water partition coefficient (Wildman–Crippen LogP) is 3.19. The van der Waals surface area contributed by atoms with Gasteiger partial charge in [-0.2, -0.15) is 4.98 Å². The summed E-state index contributed by atoms with van der Waals surface area (Å²) in [6.07, 6.45) is 1.25. The number of aromatic nitrogens is 2. The molecule has 0 fully saturated rings. The van der Waals surface area contributed by atoms with Crippen LogP contribution in [-0.2, 0) is 11.2 Å². The molecular weight excluding hydrogens is 366 g/mol. The molecule has 8 heteroatoms. The normalized spacial score (nSPS) is 10.8. The molecule has 0 aliphatic carbocycles. The summed E-state index contributed by atoms with van der Waals surface area (Å²) in [4.78, 5) is 30.8. The zero-order chi connectivity index (χ0) is 19.8. The molecule has 1 amide bonds. The molecule has 0 bridgehead atoms. The number of carbonyl (C=O) groups is 1. The van der Waals surface area contributed by atoms with Gasteiger partial charge >= 0.3 is 0 Å². The lowest BCUT2D eigenvalue weighted by molar-refractivity contribution is -0.113. The third-order valence-electron chi connectivity index (χ3n) is 3.73. The van der Waals surface area contributed by atoms with Gasteiger partial charge < -0.3 is 20.1 Å². The van der Waals surface area contributed by atoms with E-state index in [2.05, 4.69) is 15.3 Å². The Kier molecular flexibility index (Phi) is 7.72. The van der Waals surface area contributed by atoms with E-state index in [0.29, 0.717) is 24.6 Å². The molecule has 0 spiro atoms. The molecule has 0 saturated carbocycles. The lowest BCUT2D eigenvalue weighted by atomic mass is 10.0. The van der Waals surface area contributed by atoms with Crippen molar-refractivity contribution in [2.45, 2.75) is 38.8 Å². The monoisotopic (exact) mass is 391 g/mol. The van der Waals surface area contributed by atoms with Crippen LogP contribution in [0.5, 0.6) is 11.6 Å². The molecular formula is C19H25N3O4S. The summed E-state index contributed by atoms with van der Waals surface area (Å²) < 4.78 is 5.35. The van der Waals surface area contributed by atoms with Crippen LogP contribution in [-0.4, -0.2) is 33.3 Å². The first-order valence-electron chi connectivity index (χ1n) is 8.86. The van der Waals surface area contributed by atoms with Crippen molar-refractivity contribution in [2.75, 3.05) is 17.7 Å². The van der Waals surface area contributed by atoms with Crippen LogP contribution in [0.15, 0.2) is 34.2 Å². The minimum Gasteiger partial charge on any atom is -0.494 e. The molecule has 3 N–H and O–H groups in total. The van der Waals surface area contributed by atoms with Crippen molar-refractivity contribution in [3.63, 3.8) is 0 Å². The number of anilines is 1. The smallest absolute Gasteiger partial charge is 0.258 e. The Morgan fingerprint density at radius 3 is 2.63 bits per heavy atom. The summed E-state index contributed by atoms with van der Waals surface area (Å²) >= 11 is 1.06. The second kappa shape index (κ2) is 10.0. The van der Waals surface area contributed by atoms with Crippen molar-refractivity contribution in [3.05, 3.63) is 40.2 Å². The molecule has 1 heterocycles. The molecule has 27 heavy (non-hydrogen) atoms. The molecule has 1 aromatic heterocycles. The number of carbonyl (C=O) groups excluding carboxylic acids is 1. The van der Waals surface area contributed by atoms with Crippen molar-refractivity contribution in [1.29, 1.82) is 0 Å². The number of ether oxygens (including phenoxy) is 1. The van der Waals surface area contributed by atoms with Crippen LogP contribution < -0.4 is 15.6 Å². The van der Waals surface area contributed by atoms with E-state index in [-0.39, 0.29) is 33.8 Å². The number of H-pyrrole nitrogens is 1. The van der Waals surface area contributed by atoms with Gasteiger partial charge in [0.1, 0.15) is 5.75 Å². The number of aromatic hydroxyl groups is 1. The summed E-state index contributed by atoms with van der Waals surface area (Å²) in [7, 11) is 0. The van der Waals surface area contributed by atoms with E-state index in [0.717, 1.165) is 23.9 Å². The van der Waals surface area contributed by atoms with Crippen LogP contribution >= 0.6 is 11.8 Å².